The average molecular weight is 409 g/mol. The number of nitrogens with zero attached hydrogens (tertiary/aromatic N) is 3. The number of hydrogen-bond acceptors (Lipinski definition) is 5. The lowest BCUT2D eigenvalue weighted by molar-refractivity contribution is 0.262. The average Bonchev–Trinajstić information content (AvgIpc) is 2.90. The molecule has 3 aromatic rings. The molecule has 6 nitrogen and oxygen atoms in total. The summed E-state index contributed by atoms with van der Waals surface area (Å²) in [5.41, 5.74) is 1.59. The van der Waals surface area contributed by atoms with Crippen molar-refractivity contribution in [3.05, 3.63) is 45.5 Å². The largest absolute Gasteiger partial charge is 0.325 e. The van der Waals surface area contributed by atoms with E-state index in [4.69, 9.17) is 16.9 Å². The van der Waals surface area contributed by atoms with Gasteiger partial charge >= 0.3 is 6.03 Å². The van der Waals surface area contributed by atoms with Crippen molar-refractivity contribution in [3.63, 3.8) is 0 Å². The van der Waals surface area contributed by atoms with Crippen LogP contribution in [0.1, 0.15) is 5.56 Å². The Kier molecular flexibility index (Phi) is 4.43. The Bertz CT molecular complexity index is 952. The number of carbonyl (C=O) groups excluding carboxylic acids is 1. The SMILES string of the molecule is N#Cc1cc(NC(=O)Nc2nc3ccc(Cl)nc3s2)ccc1Br. The number of fused-ring (bicyclic) bond motifs is 1. The summed E-state index contributed by atoms with van der Waals surface area (Å²) in [5, 5.41) is 15.0. The minimum Gasteiger partial charge on any atom is -0.308 e. The number of anilines is 2. The number of thiazole rings is 1. The van der Waals surface area contributed by atoms with Crippen molar-refractivity contribution >= 4 is 66.1 Å². The van der Waals surface area contributed by atoms with Crippen LogP contribution in [0.4, 0.5) is 15.6 Å². The molecule has 0 fully saturated rings. The summed E-state index contributed by atoms with van der Waals surface area (Å²) >= 11 is 10.3. The van der Waals surface area contributed by atoms with Crippen molar-refractivity contribution in [2.45, 2.75) is 0 Å². The number of rotatable bonds is 2. The second kappa shape index (κ2) is 6.50. The highest BCUT2D eigenvalue weighted by Crippen LogP contribution is 2.26. The van der Waals surface area contributed by atoms with E-state index in [2.05, 4.69) is 36.5 Å². The molecule has 23 heavy (non-hydrogen) atoms. The molecule has 2 aromatic heterocycles. The number of urea groups is 1. The third-order valence-electron chi connectivity index (χ3n) is 2.79. The van der Waals surface area contributed by atoms with Gasteiger partial charge in [0.15, 0.2) is 5.13 Å². The number of carbonyl (C=O) groups is 1. The van der Waals surface area contributed by atoms with E-state index in [0.29, 0.717) is 36.4 Å². The summed E-state index contributed by atoms with van der Waals surface area (Å²) in [5.74, 6) is 0. The molecule has 0 radical (unpaired) electrons. The molecule has 0 unspecified atom stereocenters. The summed E-state index contributed by atoms with van der Waals surface area (Å²) < 4.78 is 0.667. The maximum Gasteiger partial charge on any atom is 0.325 e. The summed E-state index contributed by atoms with van der Waals surface area (Å²) in [4.78, 5) is 21.0. The normalized spacial score (nSPS) is 10.3. The van der Waals surface area contributed by atoms with Crippen molar-refractivity contribution in [1.82, 2.24) is 9.97 Å². The summed E-state index contributed by atoms with van der Waals surface area (Å²) in [6.45, 7) is 0. The van der Waals surface area contributed by atoms with Gasteiger partial charge in [0.25, 0.3) is 0 Å². The first-order valence-corrected chi connectivity index (χ1v) is 8.24. The Morgan fingerprint density at radius 2 is 2.09 bits per heavy atom. The van der Waals surface area contributed by atoms with Gasteiger partial charge in [-0.25, -0.2) is 14.8 Å². The van der Waals surface area contributed by atoms with Gasteiger partial charge in [0, 0.05) is 10.2 Å². The number of nitriles is 1. The number of pyridine rings is 1. The highest BCUT2D eigenvalue weighted by atomic mass is 79.9. The fourth-order valence-electron chi connectivity index (χ4n) is 1.80. The lowest BCUT2D eigenvalue weighted by atomic mass is 10.2. The Morgan fingerprint density at radius 3 is 2.87 bits per heavy atom. The van der Waals surface area contributed by atoms with Crippen LogP contribution in [0, 0.1) is 11.3 Å². The van der Waals surface area contributed by atoms with Gasteiger partial charge in [-0.1, -0.05) is 22.9 Å². The molecule has 0 saturated heterocycles. The maximum atomic E-state index is 12.0. The van der Waals surface area contributed by atoms with Crippen LogP contribution in [0.3, 0.4) is 0 Å². The van der Waals surface area contributed by atoms with E-state index >= 15 is 0 Å². The molecule has 9 heteroatoms. The third kappa shape index (κ3) is 3.59. The number of benzene rings is 1. The minimum absolute atomic E-state index is 0.371. The Morgan fingerprint density at radius 1 is 1.26 bits per heavy atom. The van der Waals surface area contributed by atoms with Crippen LogP contribution < -0.4 is 10.6 Å². The van der Waals surface area contributed by atoms with E-state index in [1.807, 2.05) is 6.07 Å². The standard InChI is InChI=1S/C14H7BrClN5OS/c15-9-2-1-8(5-7(9)6-17)18-13(22)21-14-19-10-3-4-11(16)20-12(10)23-14/h1-5H,(H2,18,19,21,22). The summed E-state index contributed by atoms with van der Waals surface area (Å²) in [6.07, 6.45) is 0. The van der Waals surface area contributed by atoms with Crippen LogP contribution in [0.15, 0.2) is 34.8 Å². The van der Waals surface area contributed by atoms with Crippen LogP contribution in [0.2, 0.25) is 5.15 Å². The first-order valence-electron chi connectivity index (χ1n) is 6.26. The van der Waals surface area contributed by atoms with E-state index in [1.165, 1.54) is 11.3 Å². The molecule has 3 rings (SSSR count). The van der Waals surface area contributed by atoms with Crippen molar-refractivity contribution in [3.8, 4) is 6.07 Å². The number of halogens is 2. The number of nitrogens with one attached hydrogen (secondary N) is 2. The van der Waals surface area contributed by atoms with Crippen molar-refractivity contribution < 1.29 is 4.79 Å². The van der Waals surface area contributed by atoms with Gasteiger partial charge in [0.1, 0.15) is 21.6 Å². The van der Waals surface area contributed by atoms with Crippen molar-refractivity contribution in [2.24, 2.45) is 0 Å². The number of amides is 2. The van der Waals surface area contributed by atoms with Crippen LogP contribution in [-0.4, -0.2) is 16.0 Å². The quantitative estimate of drug-likeness (QED) is 0.605. The van der Waals surface area contributed by atoms with E-state index in [1.54, 1.807) is 30.3 Å². The van der Waals surface area contributed by atoms with Gasteiger partial charge in [-0.05, 0) is 46.3 Å². The first-order chi connectivity index (χ1) is 11.0. The monoisotopic (exact) mass is 407 g/mol. The molecule has 1 aromatic carbocycles. The van der Waals surface area contributed by atoms with Gasteiger partial charge in [-0.2, -0.15) is 5.26 Å². The molecule has 2 amide bonds. The highest BCUT2D eigenvalue weighted by molar-refractivity contribution is 9.10. The fraction of sp³-hybridized carbons (Fsp3) is 0. The second-order valence-corrected chi connectivity index (χ2v) is 6.58. The Labute approximate surface area is 148 Å². The molecule has 0 saturated carbocycles. The molecule has 114 valence electrons. The number of hydrogen-bond donors (Lipinski definition) is 2. The van der Waals surface area contributed by atoms with Crippen LogP contribution >= 0.6 is 38.9 Å². The van der Waals surface area contributed by atoms with Crippen molar-refractivity contribution in [2.75, 3.05) is 10.6 Å². The minimum atomic E-state index is -0.457. The Balaban J connectivity index is 1.74. The highest BCUT2D eigenvalue weighted by Gasteiger charge is 2.10. The molecular weight excluding hydrogens is 402 g/mol. The molecule has 0 aliphatic carbocycles. The van der Waals surface area contributed by atoms with Gasteiger partial charge in [-0.3, -0.25) is 5.32 Å². The van der Waals surface area contributed by atoms with E-state index in [-0.39, 0.29) is 0 Å². The molecule has 0 bridgehead atoms. The van der Waals surface area contributed by atoms with Gasteiger partial charge in [0.05, 0.1) is 5.56 Å². The van der Waals surface area contributed by atoms with Gasteiger partial charge in [0.2, 0.25) is 0 Å². The molecule has 0 atom stereocenters. The topological polar surface area (TPSA) is 90.7 Å². The van der Waals surface area contributed by atoms with E-state index in [9.17, 15) is 4.79 Å². The molecule has 2 heterocycles. The van der Waals surface area contributed by atoms with E-state index < -0.39 is 6.03 Å². The van der Waals surface area contributed by atoms with Crippen LogP contribution in [-0.2, 0) is 0 Å². The lowest BCUT2D eigenvalue weighted by Crippen LogP contribution is -2.19. The van der Waals surface area contributed by atoms with Crippen LogP contribution in [0.25, 0.3) is 10.3 Å². The summed E-state index contributed by atoms with van der Waals surface area (Å²) in [7, 11) is 0. The third-order valence-corrected chi connectivity index (χ3v) is 4.57. The van der Waals surface area contributed by atoms with E-state index in [0.717, 1.165) is 0 Å². The molecule has 0 aliphatic rings. The van der Waals surface area contributed by atoms with Gasteiger partial charge in [-0.15, -0.1) is 0 Å². The number of aromatic nitrogens is 2. The molecule has 0 spiro atoms. The summed E-state index contributed by atoms with van der Waals surface area (Å²) in [6, 6.07) is 9.90. The zero-order valence-corrected chi connectivity index (χ0v) is 14.5. The zero-order chi connectivity index (χ0) is 16.4. The predicted molar refractivity (Wildman–Crippen MR) is 93.9 cm³/mol. The molecule has 2 N–H and O–H groups in total. The van der Waals surface area contributed by atoms with Crippen molar-refractivity contribution in [1.29, 1.82) is 5.26 Å². The zero-order valence-electron chi connectivity index (χ0n) is 11.3. The lowest BCUT2D eigenvalue weighted by Gasteiger charge is -2.06. The van der Waals surface area contributed by atoms with Gasteiger partial charge < -0.3 is 5.32 Å². The second-order valence-electron chi connectivity index (χ2n) is 4.36. The molecule has 0 aliphatic heterocycles. The first kappa shape index (κ1) is 15.7. The molecular formula is C14H7BrClN5OS. The van der Waals surface area contributed by atoms with Crippen LogP contribution in [0.5, 0.6) is 0 Å². The smallest absolute Gasteiger partial charge is 0.308 e. The predicted octanol–water partition coefficient (Wildman–Crippen LogP) is 4.62. The Hall–Kier alpha value is -2.21. The fourth-order valence-corrected chi connectivity index (χ4v) is 3.16. The maximum absolute atomic E-state index is 12.0.